The van der Waals surface area contributed by atoms with Crippen molar-refractivity contribution in [3.05, 3.63) is 95.3 Å². The second-order valence-electron chi connectivity index (χ2n) is 9.02. The van der Waals surface area contributed by atoms with E-state index in [9.17, 15) is 10.1 Å². The summed E-state index contributed by atoms with van der Waals surface area (Å²) >= 11 is 0. The smallest absolute Gasteiger partial charge is 0.322 e. The molecular weight excluding hydrogens is 452 g/mol. The monoisotopic (exact) mass is 476 g/mol. The van der Waals surface area contributed by atoms with Crippen molar-refractivity contribution in [2.75, 3.05) is 13.1 Å². The van der Waals surface area contributed by atoms with Gasteiger partial charge in [0.05, 0.1) is 30.0 Å². The summed E-state index contributed by atoms with van der Waals surface area (Å²) in [6.45, 7) is 2.18. The summed E-state index contributed by atoms with van der Waals surface area (Å²) in [7, 11) is 1.86. The third-order valence-corrected chi connectivity index (χ3v) is 6.95. The zero-order valence-corrected chi connectivity index (χ0v) is 19.8. The van der Waals surface area contributed by atoms with Gasteiger partial charge in [0.25, 0.3) is 0 Å². The third-order valence-electron chi connectivity index (χ3n) is 6.95. The van der Waals surface area contributed by atoms with E-state index in [1.54, 1.807) is 29.4 Å². The average molecular weight is 477 g/mol. The molecule has 1 unspecified atom stereocenters. The maximum Gasteiger partial charge on any atom is 0.335 e. The van der Waals surface area contributed by atoms with Crippen molar-refractivity contribution in [3.8, 4) is 22.9 Å². The minimum Gasteiger partial charge on any atom is -0.322 e. The number of fused-ring (bicyclic) bond motifs is 1. The molecule has 0 bridgehead atoms. The van der Waals surface area contributed by atoms with Gasteiger partial charge in [0.2, 0.25) is 0 Å². The first kappa shape index (κ1) is 21.9. The van der Waals surface area contributed by atoms with E-state index in [-0.39, 0.29) is 11.7 Å². The summed E-state index contributed by atoms with van der Waals surface area (Å²) in [6, 6.07) is 17.9. The zero-order chi connectivity index (χ0) is 24.6. The summed E-state index contributed by atoms with van der Waals surface area (Å²) in [5, 5.41) is 9.21. The molecule has 0 aliphatic carbocycles. The SMILES string of the molecule is Cn1c(C#N)cnc1CN1CCC(n2c(=O)n(-c3ccc(-c4ccncc4)cc3)c3cccnc32)C1. The molecule has 1 aliphatic rings. The molecule has 178 valence electrons. The molecule has 1 fully saturated rings. The fourth-order valence-corrected chi connectivity index (χ4v) is 5.04. The van der Waals surface area contributed by atoms with Crippen LogP contribution < -0.4 is 5.69 Å². The Morgan fingerprint density at radius 1 is 1.03 bits per heavy atom. The lowest BCUT2D eigenvalue weighted by Crippen LogP contribution is -2.29. The normalized spacial score (nSPS) is 15.9. The summed E-state index contributed by atoms with van der Waals surface area (Å²) < 4.78 is 5.41. The molecule has 1 atom stereocenters. The number of nitriles is 1. The van der Waals surface area contributed by atoms with Gasteiger partial charge in [-0.2, -0.15) is 5.26 Å². The second-order valence-corrected chi connectivity index (χ2v) is 9.02. The Balaban J connectivity index is 1.32. The number of hydrogen-bond donors (Lipinski definition) is 0. The topological polar surface area (TPSA) is 97.6 Å². The zero-order valence-electron chi connectivity index (χ0n) is 19.8. The van der Waals surface area contributed by atoms with Gasteiger partial charge in [-0.3, -0.25) is 19.0 Å². The Morgan fingerprint density at radius 2 is 1.81 bits per heavy atom. The number of benzene rings is 1. The minimum absolute atomic E-state index is 0.00273. The predicted octanol–water partition coefficient (Wildman–Crippen LogP) is 3.30. The van der Waals surface area contributed by atoms with Crippen LogP contribution in [0.1, 0.15) is 24.0 Å². The average Bonchev–Trinajstić information content (AvgIpc) is 3.60. The molecule has 1 aliphatic heterocycles. The van der Waals surface area contributed by atoms with Crippen LogP contribution in [-0.4, -0.2) is 46.6 Å². The number of aromatic nitrogens is 6. The molecular formula is C27H24N8O. The van der Waals surface area contributed by atoms with E-state index in [1.807, 2.05) is 64.7 Å². The van der Waals surface area contributed by atoms with Gasteiger partial charge in [0.1, 0.15) is 17.6 Å². The Morgan fingerprint density at radius 3 is 2.56 bits per heavy atom. The molecule has 5 heterocycles. The van der Waals surface area contributed by atoms with E-state index in [2.05, 4.69) is 25.9 Å². The molecule has 36 heavy (non-hydrogen) atoms. The summed E-state index contributed by atoms with van der Waals surface area (Å²) in [6.07, 6.45) is 7.72. The summed E-state index contributed by atoms with van der Waals surface area (Å²) in [4.78, 5) is 29.2. The van der Waals surface area contributed by atoms with E-state index in [0.717, 1.165) is 41.1 Å². The highest BCUT2D eigenvalue weighted by molar-refractivity contribution is 5.74. The lowest BCUT2D eigenvalue weighted by Gasteiger charge is -2.16. The maximum atomic E-state index is 13.8. The molecule has 0 radical (unpaired) electrons. The van der Waals surface area contributed by atoms with Gasteiger partial charge in [0, 0.05) is 38.7 Å². The maximum absolute atomic E-state index is 13.8. The summed E-state index contributed by atoms with van der Waals surface area (Å²) in [5.41, 5.74) is 4.89. The molecule has 9 heteroatoms. The number of likely N-dealkylation sites (tertiary alicyclic amines) is 1. The van der Waals surface area contributed by atoms with Crippen LogP contribution in [0.5, 0.6) is 0 Å². The van der Waals surface area contributed by atoms with Crippen LogP contribution in [0.4, 0.5) is 0 Å². The molecule has 4 aromatic heterocycles. The van der Waals surface area contributed by atoms with Crippen molar-refractivity contribution >= 4 is 11.2 Å². The molecule has 0 amide bonds. The van der Waals surface area contributed by atoms with E-state index < -0.39 is 0 Å². The third kappa shape index (κ3) is 3.68. The Kier molecular flexibility index (Phi) is 5.43. The number of rotatable bonds is 5. The van der Waals surface area contributed by atoms with Crippen molar-refractivity contribution in [1.82, 2.24) is 33.6 Å². The van der Waals surface area contributed by atoms with E-state index >= 15 is 0 Å². The Bertz CT molecular complexity index is 1640. The van der Waals surface area contributed by atoms with Crippen LogP contribution in [0.15, 0.2) is 78.1 Å². The highest BCUT2D eigenvalue weighted by Crippen LogP contribution is 2.27. The number of imidazole rings is 2. The lowest BCUT2D eigenvalue weighted by atomic mass is 10.1. The first-order valence-corrected chi connectivity index (χ1v) is 11.9. The van der Waals surface area contributed by atoms with Gasteiger partial charge in [-0.1, -0.05) is 12.1 Å². The van der Waals surface area contributed by atoms with Crippen molar-refractivity contribution < 1.29 is 0 Å². The first-order chi connectivity index (χ1) is 17.6. The molecule has 6 rings (SSSR count). The number of nitrogens with zero attached hydrogens (tertiary/aromatic N) is 8. The standard InChI is InChI=1S/C27H24N8O/c1-32-23(15-28)16-31-25(32)18-33-14-10-22(17-33)35-26-24(3-2-11-30-26)34(27(35)36)21-6-4-19(5-7-21)20-8-12-29-13-9-20/h2-9,11-13,16,22H,10,14,17-18H2,1H3. The van der Waals surface area contributed by atoms with Gasteiger partial charge < -0.3 is 4.57 Å². The highest BCUT2D eigenvalue weighted by Gasteiger charge is 2.29. The molecule has 0 spiro atoms. The van der Waals surface area contributed by atoms with Gasteiger partial charge in [-0.15, -0.1) is 0 Å². The van der Waals surface area contributed by atoms with Crippen molar-refractivity contribution in [1.29, 1.82) is 5.26 Å². The number of pyridine rings is 2. The minimum atomic E-state index is -0.0871. The van der Waals surface area contributed by atoms with Gasteiger partial charge in [-0.25, -0.2) is 14.8 Å². The molecule has 1 saturated heterocycles. The van der Waals surface area contributed by atoms with Crippen LogP contribution in [0.3, 0.4) is 0 Å². The molecule has 5 aromatic rings. The quantitative estimate of drug-likeness (QED) is 0.386. The molecule has 9 nitrogen and oxygen atoms in total. The summed E-state index contributed by atoms with van der Waals surface area (Å²) in [5.74, 6) is 0.842. The molecule has 1 aromatic carbocycles. The largest absolute Gasteiger partial charge is 0.335 e. The Hall–Kier alpha value is -4.55. The van der Waals surface area contributed by atoms with Gasteiger partial charge in [-0.05, 0) is 53.9 Å². The van der Waals surface area contributed by atoms with Crippen LogP contribution in [-0.2, 0) is 13.6 Å². The van der Waals surface area contributed by atoms with E-state index in [0.29, 0.717) is 24.4 Å². The van der Waals surface area contributed by atoms with Crippen molar-refractivity contribution in [3.63, 3.8) is 0 Å². The lowest BCUT2D eigenvalue weighted by molar-refractivity contribution is 0.304. The van der Waals surface area contributed by atoms with Gasteiger partial charge >= 0.3 is 5.69 Å². The van der Waals surface area contributed by atoms with Crippen LogP contribution in [0.2, 0.25) is 0 Å². The van der Waals surface area contributed by atoms with E-state index in [4.69, 9.17) is 0 Å². The highest BCUT2D eigenvalue weighted by atomic mass is 16.2. The number of hydrogen-bond acceptors (Lipinski definition) is 6. The second kappa shape index (κ2) is 8.91. The van der Waals surface area contributed by atoms with Crippen LogP contribution >= 0.6 is 0 Å². The van der Waals surface area contributed by atoms with Crippen molar-refractivity contribution in [2.45, 2.75) is 19.0 Å². The molecule has 0 N–H and O–H groups in total. The first-order valence-electron chi connectivity index (χ1n) is 11.9. The van der Waals surface area contributed by atoms with Crippen molar-refractivity contribution in [2.24, 2.45) is 7.05 Å². The fourth-order valence-electron chi connectivity index (χ4n) is 5.04. The van der Waals surface area contributed by atoms with Crippen LogP contribution in [0.25, 0.3) is 28.0 Å². The van der Waals surface area contributed by atoms with E-state index in [1.165, 1.54) is 0 Å². The van der Waals surface area contributed by atoms with Gasteiger partial charge in [0.15, 0.2) is 5.65 Å². The fraction of sp³-hybridized carbons (Fsp3) is 0.222. The Labute approximate surface area is 207 Å². The predicted molar refractivity (Wildman–Crippen MR) is 135 cm³/mol. The van der Waals surface area contributed by atoms with Crippen LogP contribution in [0, 0.1) is 11.3 Å². The molecule has 0 saturated carbocycles.